The number of benzene rings is 2. The number of ether oxygens (including phenoxy) is 1. The standard InChI is InChI=1S/C14H12FO/c1-2-11-7-9-12(10-8-11)16-14-6-4-3-5-13(14)15/h3-10H,1-2H2. The van der Waals surface area contributed by atoms with Crippen LogP contribution < -0.4 is 4.74 Å². The SMILES string of the molecule is [CH2]Cc1ccc(Oc2ccccc2F)cc1. The average Bonchev–Trinajstić information content (AvgIpc) is 2.33. The maximum Gasteiger partial charge on any atom is 0.165 e. The fourth-order valence-electron chi connectivity index (χ4n) is 1.38. The van der Waals surface area contributed by atoms with Crippen LogP contribution in [-0.4, -0.2) is 0 Å². The van der Waals surface area contributed by atoms with E-state index < -0.39 is 0 Å². The molecule has 0 amide bonds. The Morgan fingerprint density at radius 1 is 1.00 bits per heavy atom. The van der Waals surface area contributed by atoms with Crippen LogP contribution in [0, 0.1) is 12.7 Å². The Kier molecular flexibility index (Phi) is 3.20. The molecule has 1 nitrogen and oxygen atoms in total. The molecule has 0 heterocycles. The van der Waals surface area contributed by atoms with Gasteiger partial charge in [-0.25, -0.2) is 4.39 Å². The molecule has 2 aromatic carbocycles. The quantitative estimate of drug-likeness (QED) is 0.752. The largest absolute Gasteiger partial charge is 0.454 e. The van der Waals surface area contributed by atoms with E-state index in [1.165, 1.54) is 6.07 Å². The van der Waals surface area contributed by atoms with E-state index in [-0.39, 0.29) is 11.6 Å². The summed E-state index contributed by atoms with van der Waals surface area (Å²) in [7, 11) is 0. The first kappa shape index (κ1) is 10.7. The van der Waals surface area contributed by atoms with Crippen LogP contribution in [0.5, 0.6) is 11.5 Å². The molecule has 16 heavy (non-hydrogen) atoms. The molecule has 0 fully saturated rings. The maximum absolute atomic E-state index is 13.3. The van der Waals surface area contributed by atoms with Gasteiger partial charge in [0.05, 0.1) is 0 Å². The molecule has 0 saturated heterocycles. The van der Waals surface area contributed by atoms with Gasteiger partial charge in [0.25, 0.3) is 0 Å². The van der Waals surface area contributed by atoms with Crippen LogP contribution in [0.25, 0.3) is 0 Å². The molecule has 0 N–H and O–H groups in total. The van der Waals surface area contributed by atoms with Gasteiger partial charge < -0.3 is 4.74 Å². The van der Waals surface area contributed by atoms with Crippen molar-refractivity contribution in [3.63, 3.8) is 0 Å². The van der Waals surface area contributed by atoms with Crippen molar-refractivity contribution < 1.29 is 9.13 Å². The molecule has 0 unspecified atom stereocenters. The molecule has 0 aliphatic heterocycles. The van der Waals surface area contributed by atoms with Gasteiger partial charge in [-0.2, -0.15) is 0 Å². The minimum atomic E-state index is -0.358. The molecule has 0 atom stereocenters. The van der Waals surface area contributed by atoms with Crippen LogP contribution in [0.4, 0.5) is 4.39 Å². The Morgan fingerprint density at radius 3 is 2.31 bits per heavy atom. The minimum Gasteiger partial charge on any atom is -0.454 e. The van der Waals surface area contributed by atoms with Gasteiger partial charge in [0.2, 0.25) is 0 Å². The summed E-state index contributed by atoms with van der Waals surface area (Å²) >= 11 is 0. The summed E-state index contributed by atoms with van der Waals surface area (Å²) in [5.41, 5.74) is 1.13. The lowest BCUT2D eigenvalue weighted by Gasteiger charge is -2.06. The van der Waals surface area contributed by atoms with Crippen LogP contribution in [0.1, 0.15) is 5.56 Å². The highest BCUT2D eigenvalue weighted by atomic mass is 19.1. The Hall–Kier alpha value is -1.83. The van der Waals surface area contributed by atoms with Gasteiger partial charge in [-0.3, -0.25) is 0 Å². The first-order valence-electron chi connectivity index (χ1n) is 5.10. The predicted molar refractivity (Wildman–Crippen MR) is 62.0 cm³/mol. The van der Waals surface area contributed by atoms with Crippen LogP contribution in [0.15, 0.2) is 48.5 Å². The molecule has 2 rings (SSSR count). The molecule has 1 radical (unpaired) electrons. The second-order valence-corrected chi connectivity index (χ2v) is 3.43. The van der Waals surface area contributed by atoms with Crippen molar-refractivity contribution in [3.05, 3.63) is 66.8 Å². The van der Waals surface area contributed by atoms with E-state index in [4.69, 9.17) is 4.74 Å². The summed E-state index contributed by atoms with van der Waals surface area (Å²) in [6.07, 6.45) is 0.736. The fourth-order valence-corrected chi connectivity index (χ4v) is 1.38. The summed E-state index contributed by atoms with van der Waals surface area (Å²) in [6, 6.07) is 13.8. The van der Waals surface area contributed by atoms with E-state index in [0.29, 0.717) is 5.75 Å². The van der Waals surface area contributed by atoms with Gasteiger partial charge >= 0.3 is 0 Å². The Labute approximate surface area is 94.5 Å². The van der Waals surface area contributed by atoms with Crippen molar-refractivity contribution in [2.24, 2.45) is 0 Å². The lowest BCUT2D eigenvalue weighted by atomic mass is 10.2. The first-order valence-corrected chi connectivity index (χ1v) is 5.10. The number of para-hydroxylation sites is 1. The number of halogens is 1. The molecule has 0 aliphatic carbocycles. The van der Waals surface area contributed by atoms with E-state index in [0.717, 1.165) is 12.0 Å². The summed E-state index contributed by atoms with van der Waals surface area (Å²) in [5.74, 6) is 0.510. The monoisotopic (exact) mass is 215 g/mol. The molecule has 0 aromatic heterocycles. The lowest BCUT2D eigenvalue weighted by molar-refractivity contribution is 0.442. The molecular formula is C14H12FO. The smallest absolute Gasteiger partial charge is 0.165 e. The van der Waals surface area contributed by atoms with Gasteiger partial charge in [-0.1, -0.05) is 24.3 Å². The molecule has 0 aliphatic rings. The normalized spacial score (nSPS) is 10.1. The first-order chi connectivity index (χ1) is 7.79. The highest BCUT2D eigenvalue weighted by molar-refractivity contribution is 5.33. The third-order valence-electron chi connectivity index (χ3n) is 2.28. The average molecular weight is 215 g/mol. The van der Waals surface area contributed by atoms with Crippen LogP contribution in [0.3, 0.4) is 0 Å². The van der Waals surface area contributed by atoms with Crippen LogP contribution >= 0.6 is 0 Å². The summed E-state index contributed by atoms with van der Waals surface area (Å²) in [5, 5.41) is 0. The van der Waals surface area contributed by atoms with E-state index >= 15 is 0 Å². The zero-order valence-electron chi connectivity index (χ0n) is 8.82. The lowest BCUT2D eigenvalue weighted by Crippen LogP contribution is -1.88. The van der Waals surface area contributed by atoms with Gasteiger partial charge in [-0.15, -0.1) is 0 Å². The van der Waals surface area contributed by atoms with Crippen molar-refractivity contribution in [2.75, 3.05) is 0 Å². The Bertz CT molecular complexity index is 462. The second kappa shape index (κ2) is 4.79. The third kappa shape index (κ3) is 2.40. The Balaban J connectivity index is 2.18. The molecule has 0 saturated carbocycles. The van der Waals surface area contributed by atoms with Crippen molar-refractivity contribution >= 4 is 0 Å². The van der Waals surface area contributed by atoms with Crippen LogP contribution in [-0.2, 0) is 6.42 Å². The second-order valence-electron chi connectivity index (χ2n) is 3.43. The molecule has 0 bridgehead atoms. The summed E-state index contributed by atoms with van der Waals surface area (Å²) in [6.45, 7) is 3.78. The van der Waals surface area contributed by atoms with Gasteiger partial charge in [0, 0.05) is 0 Å². The Morgan fingerprint density at radius 2 is 1.69 bits per heavy atom. The highest BCUT2D eigenvalue weighted by Gasteiger charge is 2.02. The van der Waals surface area contributed by atoms with Crippen molar-refractivity contribution in [2.45, 2.75) is 6.42 Å². The predicted octanol–water partition coefficient (Wildman–Crippen LogP) is 3.99. The van der Waals surface area contributed by atoms with Crippen molar-refractivity contribution in [1.82, 2.24) is 0 Å². The van der Waals surface area contributed by atoms with E-state index in [9.17, 15) is 4.39 Å². The molecule has 81 valence electrons. The van der Waals surface area contributed by atoms with Crippen LogP contribution in [0.2, 0.25) is 0 Å². The number of rotatable bonds is 3. The zero-order chi connectivity index (χ0) is 11.4. The molecule has 0 spiro atoms. The van der Waals surface area contributed by atoms with Gasteiger partial charge in [0.1, 0.15) is 5.75 Å². The minimum absolute atomic E-state index is 0.241. The summed E-state index contributed by atoms with van der Waals surface area (Å²) in [4.78, 5) is 0. The molecule has 2 heteroatoms. The van der Waals surface area contributed by atoms with E-state index in [1.54, 1.807) is 18.2 Å². The molecule has 2 aromatic rings. The van der Waals surface area contributed by atoms with Gasteiger partial charge in [0.15, 0.2) is 11.6 Å². The number of hydrogen-bond donors (Lipinski definition) is 0. The fraction of sp³-hybridized carbons (Fsp3) is 0.0714. The number of hydrogen-bond acceptors (Lipinski definition) is 1. The molecular weight excluding hydrogens is 203 g/mol. The van der Waals surface area contributed by atoms with E-state index in [2.05, 4.69) is 6.92 Å². The summed E-state index contributed by atoms with van der Waals surface area (Å²) < 4.78 is 18.7. The highest BCUT2D eigenvalue weighted by Crippen LogP contribution is 2.24. The van der Waals surface area contributed by atoms with Gasteiger partial charge in [-0.05, 0) is 43.2 Å². The van der Waals surface area contributed by atoms with Crippen molar-refractivity contribution in [3.8, 4) is 11.5 Å². The zero-order valence-corrected chi connectivity index (χ0v) is 8.82. The van der Waals surface area contributed by atoms with E-state index in [1.807, 2.05) is 24.3 Å². The van der Waals surface area contributed by atoms with Crippen molar-refractivity contribution in [1.29, 1.82) is 0 Å². The topological polar surface area (TPSA) is 9.23 Å². The maximum atomic E-state index is 13.3. The third-order valence-corrected chi connectivity index (χ3v) is 2.28.